The second-order valence-corrected chi connectivity index (χ2v) is 4.82. The van der Waals surface area contributed by atoms with Crippen molar-refractivity contribution in [3.63, 3.8) is 0 Å². The van der Waals surface area contributed by atoms with E-state index in [0.717, 1.165) is 18.6 Å². The van der Waals surface area contributed by atoms with Crippen LogP contribution < -0.4 is 11.2 Å². The van der Waals surface area contributed by atoms with Crippen molar-refractivity contribution in [2.75, 3.05) is 0 Å². The van der Waals surface area contributed by atoms with Crippen molar-refractivity contribution in [1.82, 2.24) is 5.43 Å². The molecule has 1 fully saturated rings. The van der Waals surface area contributed by atoms with Crippen LogP contribution in [0.3, 0.4) is 0 Å². The number of hydrazone groups is 1. The van der Waals surface area contributed by atoms with Crippen LogP contribution in [0.2, 0.25) is 0 Å². The number of carbonyl (C=O) groups is 1. The first kappa shape index (κ1) is 12.0. The van der Waals surface area contributed by atoms with Crippen LogP contribution in [0.5, 0.6) is 0 Å². The highest BCUT2D eigenvalue weighted by molar-refractivity contribution is 5.88. The minimum atomic E-state index is -0.580. The fraction of sp³-hybridized carbons (Fsp3) is 0.818. The monoisotopic (exact) mass is 211 g/mol. The van der Waals surface area contributed by atoms with Crippen molar-refractivity contribution in [3.05, 3.63) is 0 Å². The van der Waals surface area contributed by atoms with Crippen LogP contribution in [-0.4, -0.2) is 11.7 Å². The zero-order chi connectivity index (χ0) is 11.4. The minimum Gasteiger partial charge on any atom is -0.350 e. The third-order valence-corrected chi connectivity index (χ3v) is 3.07. The Kier molecular flexibility index (Phi) is 4.12. The molecule has 1 saturated carbocycles. The van der Waals surface area contributed by atoms with Gasteiger partial charge in [-0.25, -0.2) is 10.2 Å². The van der Waals surface area contributed by atoms with E-state index in [1.165, 1.54) is 6.42 Å². The third-order valence-electron chi connectivity index (χ3n) is 3.07. The summed E-state index contributed by atoms with van der Waals surface area (Å²) in [5.74, 6) is 1.73. The summed E-state index contributed by atoms with van der Waals surface area (Å²) in [4.78, 5) is 10.6. The van der Waals surface area contributed by atoms with E-state index in [1.54, 1.807) is 0 Å². The van der Waals surface area contributed by atoms with Gasteiger partial charge in [-0.15, -0.1) is 0 Å². The van der Waals surface area contributed by atoms with Crippen molar-refractivity contribution < 1.29 is 4.79 Å². The summed E-state index contributed by atoms with van der Waals surface area (Å²) >= 11 is 0. The fourth-order valence-electron chi connectivity index (χ4n) is 2.21. The van der Waals surface area contributed by atoms with Gasteiger partial charge in [-0.3, -0.25) is 0 Å². The summed E-state index contributed by atoms with van der Waals surface area (Å²) < 4.78 is 0. The van der Waals surface area contributed by atoms with E-state index in [-0.39, 0.29) is 0 Å². The molecule has 1 aliphatic carbocycles. The molecule has 15 heavy (non-hydrogen) atoms. The molecule has 4 nitrogen and oxygen atoms in total. The lowest BCUT2D eigenvalue weighted by atomic mass is 9.76. The molecule has 0 radical (unpaired) electrons. The average Bonchev–Trinajstić information content (AvgIpc) is 2.14. The maximum atomic E-state index is 10.6. The molecule has 0 bridgehead atoms. The van der Waals surface area contributed by atoms with Gasteiger partial charge in [-0.1, -0.05) is 20.8 Å². The predicted octanol–water partition coefficient (Wildman–Crippen LogP) is 2.10. The fourth-order valence-corrected chi connectivity index (χ4v) is 2.21. The Morgan fingerprint density at radius 1 is 1.53 bits per heavy atom. The van der Waals surface area contributed by atoms with Gasteiger partial charge in [0.25, 0.3) is 0 Å². The number of nitrogens with zero attached hydrogens (tertiary/aromatic N) is 1. The summed E-state index contributed by atoms with van der Waals surface area (Å²) in [6, 6.07) is -0.580. The zero-order valence-electron chi connectivity index (χ0n) is 9.79. The molecule has 1 rings (SSSR count). The van der Waals surface area contributed by atoms with Crippen LogP contribution in [-0.2, 0) is 0 Å². The molecule has 0 spiro atoms. The maximum Gasteiger partial charge on any atom is 0.332 e. The standard InChI is InChI=1S/C11H21N3O/c1-7(2)9-5-4-8(3)6-10(9)13-14-11(12)15/h7-9H,4-6H2,1-3H3,(H3,12,14,15)/b13-10-/t8-,9+/m0/s1. The summed E-state index contributed by atoms with van der Waals surface area (Å²) in [6.07, 6.45) is 3.39. The van der Waals surface area contributed by atoms with Crippen LogP contribution in [0.15, 0.2) is 5.10 Å². The summed E-state index contributed by atoms with van der Waals surface area (Å²) in [6.45, 7) is 6.61. The topological polar surface area (TPSA) is 67.5 Å². The van der Waals surface area contributed by atoms with Crippen molar-refractivity contribution in [2.24, 2.45) is 28.6 Å². The second-order valence-electron chi connectivity index (χ2n) is 4.82. The summed E-state index contributed by atoms with van der Waals surface area (Å²) in [5, 5.41) is 4.13. The molecular weight excluding hydrogens is 190 g/mol. The van der Waals surface area contributed by atoms with E-state index in [2.05, 4.69) is 31.3 Å². The molecule has 3 N–H and O–H groups in total. The Labute approximate surface area is 91.3 Å². The van der Waals surface area contributed by atoms with Crippen LogP contribution in [0.4, 0.5) is 4.79 Å². The summed E-state index contributed by atoms with van der Waals surface area (Å²) in [7, 11) is 0. The van der Waals surface area contributed by atoms with E-state index >= 15 is 0 Å². The number of hydrogen-bond donors (Lipinski definition) is 2. The number of nitrogens with two attached hydrogens (primary N) is 1. The molecule has 1 aliphatic rings. The molecule has 0 aromatic rings. The Hall–Kier alpha value is -1.06. The van der Waals surface area contributed by atoms with E-state index in [4.69, 9.17) is 5.73 Å². The molecule has 0 unspecified atom stereocenters. The highest BCUT2D eigenvalue weighted by Gasteiger charge is 2.27. The smallest absolute Gasteiger partial charge is 0.332 e. The summed E-state index contributed by atoms with van der Waals surface area (Å²) in [5.41, 5.74) is 8.46. The third kappa shape index (κ3) is 3.53. The number of primary amides is 1. The number of hydrogen-bond acceptors (Lipinski definition) is 2. The molecule has 2 amide bonds. The normalized spacial score (nSPS) is 29.5. The maximum absolute atomic E-state index is 10.6. The van der Waals surface area contributed by atoms with E-state index < -0.39 is 6.03 Å². The van der Waals surface area contributed by atoms with Crippen LogP contribution in [0.25, 0.3) is 0 Å². The second kappa shape index (κ2) is 5.14. The Balaban J connectivity index is 2.69. The molecule has 0 aromatic carbocycles. The number of urea groups is 1. The van der Waals surface area contributed by atoms with E-state index in [1.807, 2.05) is 0 Å². The number of rotatable bonds is 2. The first-order valence-corrected chi connectivity index (χ1v) is 5.62. The lowest BCUT2D eigenvalue weighted by Gasteiger charge is -2.30. The Morgan fingerprint density at radius 3 is 2.73 bits per heavy atom. The van der Waals surface area contributed by atoms with Gasteiger partial charge >= 0.3 is 6.03 Å². The minimum absolute atomic E-state index is 0.494. The first-order valence-electron chi connectivity index (χ1n) is 5.62. The lowest BCUT2D eigenvalue weighted by Crippen LogP contribution is -2.32. The lowest BCUT2D eigenvalue weighted by molar-refractivity contribution is 0.249. The van der Waals surface area contributed by atoms with Gasteiger partial charge in [0.2, 0.25) is 0 Å². The van der Waals surface area contributed by atoms with Gasteiger partial charge in [-0.2, -0.15) is 5.10 Å². The van der Waals surface area contributed by atoms with Gasteiger partial charge in [0.1, 0.15) is 0 Å². The van der Waals surface area contributed by atoms with E-state index in [0.29, 0.717) is 17.8 Å². The van der Waals surface area contributed by atoms with Crippen LogP contribution in [0.1, 0.15) is 40.0 Å². The zero-order valence-corrected chi connectivity index (χ0v) is 9.79. The number of nitrogens with one attached hydrogen (secondary N) is 1. The molecule has 0 aromatic heterocycles. The molecule has 0 aliphatic heterocycles. The van der Waals surface area contributed by atoms with Gasteiger partial charge < -0.3 is 5.73 Å². The van der Waals surface area contributed by atoms with Gasteiger partial charge in [0.05, 0.1) is 0 Å². The van der Waals surface area contributed by atoms with E-state index in [9.17, 15) is 4.79 Å². The highest BCUT2D eigenvalue weighted by atomic mass is 16.2. The van der Waals surface area contributed by atoms with Gasteiger partial charge in [-0.05, 0) is 31.1 Å². The first-order chi connectivity index (χ1) is 7.00. The molecule has 86 valence electrons. The molecular formula is C11H21N3O. The number of carbonyl (C=O) groups excluding carboxylic acids is 1. The van der Waals surface area contributed by atoms with Crippen LogP contribution in [0, 0.1) is 17.8 Å². The Bertz CT molecular complexity index is 261. The average molecular weight is 211 g/mol. The predicted molar refractivity (Wildman–Crippen MR) is 61.5 cm³/mol. The largest absolute Gasteiger partial charge is 0.350 e. The molecule has 0 heterocycles. The van der Waals surface area contributed by atoms with Crippen molar-refractivity contribution >= 4 is 11.7 Å². The SMILES string of the molecule is CC(C)[C@H]1CC[C@H](C)C/C1=N/NC(N)=O. The molecule has 4 heteroatoms. The molecule has 2 atom stereocenters. The molecule has 0 saturated heterocycles. The van der Waals surface area contributed by atoms with Crippen LogP contribution >= 0.6 is 0 Å². The van der Waals surface area contributed by atoms with Gasteiger partial charge in [0.15, 0.2) is 0 Å². The van der Waals surface area contributed by atoms with Gasteiger partial charge in [0, 0.05) is 11.6 Å². The van der Waals surface area contributed by atoms with Crippen molar-refractivity contribution in [2.45, 2.75) is 40.0 Å². The quantitative estimate of drug-likeness (QED) is 0.675. The Morgan fingerprint density at radius 2 is 2.20 bits per heavy atom. The van der Waals surface area contributed by atoms with Crippen molar-refractivity contribution in [1.29, 1.82) is 0 Å². The highest BCUT2D eigenvalue weighted by Crippen LogP contribution is 2.30. The number of amides is 2. The van der Waals surface area contributed by atoms with Crippen molar-refractivity contribution in [3.8, 4) is 0 Å².